The summed E-state index contributed by atoms with van der Waals surface area (Å²) in [7, 11) is 0. The van der Waals surface area contributed by atoms with Crippen molar-refractivity contribution in [3.05, 3.63) is 39.4 Å². The third-order valence-electron chi connectivity index (χ3n) is 3.37. The second-order valence-corrected chi connectivity index (χ2v) is 5.04. The predicted molar refractivity (Wildman–Crippen MR) is 95.2 cm³/mol. The molecule has 0 atom stereocenters. The SMILES string of the molecule is CC.CC.Cc1ccc(/C(N)=N/N(N)C2CC(F)(F)C2)cc1[N+](=O)[O-]. The fourth-order valence-corrected chi connectivity index (χ4v) is 2.05. The second-order valence-electron chi connectivity index (χ2n) is 5.04. The van der Waals surface area contributed by atoms with Crippen LogP contribution in [0.2, 0.25) is 0 Å². The molecular formula is C16H27F2N5O2. The summed E-state index contributed by atoms with van der Waals surface area (Å²) in [5.41, 5.74) is 6.42. The van der Waals surface area contributed by atoms with E-state index in [1.54, 1.807) is 13.0 Å². The average Bonchev–Trinajstić information content (AvgIpc) is 2.56. The number of rotatable bonds is 4. The van der Waals surface area contributed by atoms with Gasteiger partial charge >= 0.3 is 0 Å². The van der Waals surface area contributed by atoms with E-state index in [2.05, 4.69) is 5.10 Å². The molecule has 4 N–H and O–H groups in total. The summed E-state index contributed by atoms with van der Waals surface area (Å²) in [4.78, 5) is 10.3. The number of aryl methyl sites for hydroxylation is 1. The Morgan fingerprint density at radius 3 is 2.28 bits per heavy atom. The predicted octanol–water partition coefficient (Wildman–Crippen LogP) is 3.55. The lowest BCUT2D eigenvalue weighted by Crippen LogP contribution is -2.52. The highest BCUT2D eigenvalue weighted by atomic mass is 19.3. The van der Waals surface area contributed by atoms with Gasteiger partial charge in [-0.05, 0) is 6.92 Å². The van der Waals surface area contributed by atoms with Crippen LogP contribution in [0.5, 0.6) is 0 Å². The first-order chi connectivity index (χ1) is 11.7. The molecule has 0 amide bonds. The molecule has 0 aliphatic heterocycles. The Bertz CT molecular complexity index is 600. The Morgan fingerprint density at radius 1 is 1.32 bits per heavy atom. The quantitative estimate of drug-likeness (QED) is 0.281. The lowest BCUT2D eigenvalue weighted by Gasteiger charge is -2.38. The third-order valence-corrected chi connectivity index (χ3v) is 3.37. The van der Waals surface area contributed by atoms with Gasteiger partial charge in [0.05, 0.1) is 11.0 Å². The number of nitrogens with zero attached hydrogens (tertiary/aromatic N) is 3. The van der Waals surface area contributed by atoms with E-state index in [0.717, 1.165) is 5.12 Å². The third kappa shape index (κ3) is 6.26. The molecule has 0 saturated heterocycles. The molecule has 7 nitrogen and oxygen atoms in total. The molecule has 0 aromatic heterocycles. The largest absolute Gasteiger partial charge is 0.382 e. The number of hydrazine groups is 1. The first-order valence-electron chi connectivity index (χ1n) is 8.21. The standard InChI is InChI=1S/C12H15F2N5O2.2C2H6/c1-7-2-3-8(4-10(7)19(20)21)11(15)17-18(16)9-5-12(13,14)6-9;2*1-2/h2-4,9H,5-6,16H2,1H3,(H2,15,17);2*1-2H3. The van der Waals surface area contributed by atoms with E-state index in [-0.39, 0.29) is 24.4 Å². The molecule has 0 radical (unpaired) electrons. The van der Waals surface area contributed by atoms with Gasteiger partial charge in [-0.1, -0.05) is 39.8 Å². The highest BCUT2D eigenvalue weighted by Crippen LogP contribution is 2.39. The van der Waals surface area contributed by atoms with Gasteiger partial charge < -0.3 is 5.73 Å². The van der Waals surface area contributed by atoms with Crippen LogP contribution in [0.3, 0.4) is 0 Å². The highest BCUT2D eigenvalue weighted by Gasteiger charge is 2.47. The van der Waals surface area contributed by atoms with Crippen molar-refractivity contribution in [2.75, 3.05) is 0 Å². The number of nitrogens with two attached hydrogens (primary N) is 2. The molecule has 1 aliphatic rings. The summed E-state index contributed by atoms with van der Waals surface area (Å²) in [6.45, 7) is 9.60. The molecule has 1 aliphatic carbocycles. The Labute approximate surface area is 146 Å². The van der Waals surface area contributed by atoms with Crippen molar-refractivity contribution < 1.29 is 13.7 Å². The smallest absolute Gasteiger partial charge is 0.273 e. The molecule has 2 rings (SSSR count). The maximum absolute atomic E-state index is 12.8. The number of benzene rings is 1. The fourth-order valence-electron chi connectivity index (χ4n) is 2.05. The molecule has 1 aromatic carbocycles. The summed E-state index contributed by atoms with van der Waals surface area (Å²) in [6, 6.07) is 3.79. The molecule has 9 heteroatoms. The van der Waals surface area contributed by atoms with Crippen molar-refractivity contribution in [3.8, 4) is 0 Å². The molecule has 1 fully saturated rings. The van der Waals surface area contributed by atoms with Gasteiger partial charge in [0.15, 0.2) is 5.84 Å². The topological polar surface area (TPSA) is 111 Å². The molecule has 142 valence electrons. The maximum Gasteiger partial charge on any atom is 0.273 e. The number of hydrogen-bond acceptors (Lipinski definition) is 5. The lowest BCUT2D eigenvalue weighted by molar-refractivity contribution is -0.385. The van der Waals surface area contributed by atoms with Crippen LogP contribution in [0, 0.1) is 17.0 Å². The number of amidine groups is 1. The fraction of sp³-hybridized carbons (Fsp3) is 0.562. The molecule has 1 aromatic rings. The van der Waals surface area contributed by atoms with E-state index in [0.29, 0.717) is 11.1 Å². The Balaban J connectivity index is 0.00000134. The summed E-state index contributed by atoms with van der Waals surface area (Å²) >= 11 is 0. The van der Waals surface area contributed by atoms with Gasteiger partial charge in [-0.3, -0.25) is 10.1 Å². The van der Waals surface area contributed by atoms with Gasteiger partial charge in [-0.2, -0.15) is 0 Å². The Kier molecular flexibility index (Phi) is 8.97. The normalized spacial score (nSPS) is 15.8. The van der Waals surface area contributed by atoms with E-state index in [1.807, 2.05) is 27.7 Å². The van der Waals surface area contributed by atoms with Crippen LogP contribution in [-0.2, 0) is 0 Å². The van der Waals surface area contributed by atoms with Crippen LogP contribution in [0.15, 0.2) is 23.3 Å². The molecule has 0 heterocycles. The van der Waals surface area contributed by atoms with Crippen LogP contribution in [0.1, 0.15) is 51.7 Å². The van der Waals surface area contributed by atoms with Crippen LogP contribution in [-0.4, -0.2) is 27.8 Å². The Hall–Kier alpha value is -2.29. The number of nitro groups is 1. The minimum Gasteiger partial charge on any atom is -0.382 e. The van der Waals surface area contributed by atoms with Gasteiger partial charge in [0.2, 0.25) is 0 Å². The Morgan fingerprint density at radius 2 is 1.84 bits per heavy atom. The minimum absolute atomic E-state index is 0.0594. The highest BCUT2D eigenvalue weighted by molar-refractivity contribution is 5.97. The van der Waals surface area contributed by atoms with E-state index in [1.165, 1.54) is 12.1 Å². The molecule has 0 unspecified atom stereocenters. The zero-order valence-corrected chi connectivity index (χ0v) is 15.3. The monoisotopic (exact) mass is 359 g/mol. The minimum atomic E-state index is -2.71. The van der Waals surface area contributed by atoms with Gasteiger partial charge in [0.25, 0.3) is 11.6 Å². The van der Waals surface area contributed by atoms with Crippen LogP contribution in [0.4, 0.5) is 14.5 Å². The average molecular weight is 359 g/mol. The summed E-state index contributed by atoms with van der Waals surface area (Å²) in [5.74, 6) is 2.79. The van der Waals surface area contributed by atoms with Gasteiger partial charge in [0, 0.05) is 30.0 Å². The van der Waals surface area contributed by atoms with Crippen molar-refractivity contribution in [3.63, 3.8) is 0 Å². The first-order valence-corrected chi connectivity index (χ1v) is 8.21. The van der Waals surface area contributed by atoms with Crippen molar-refractivity contribution in [1.82, 2.24) is 5.12 Å². The molecule has 25 heavy (non-hydrogen) atoms. The summed E-state index contributed by atoms with van der Waals surface area (Å²) in [6.07, 6.45) is -0.761. The van der Waals surface area contributed by atoms with Crippen molar-refractivity contribution in [2.24, 2.45) is 16.7 Å². The van der Waals surface area contributed by atoms with Gasteiger partial charge in [0.1, 0.15) is 0 Å². The summed E-state index contributed by atoms with van der Waals surface area (Å²) < 4.78 is 25.5. The molecule has 0 spiro atoms. The molecule has 0 bridgehead atoms. The van der Waals surface area contributed by atoms with Crippen molar-refractivity contribution in [2.45, 2.75) is 59.4 Å². The van der Waals surface area contributed by atoms with E-state index < -0.39 is 16.9 Å². The van der Waals surface area contributed by atoms with Crippen molar-refractivity contribution in [1.29, 1.82) is 0 Å². The number of halogens is 2. The van der Waals surface area contributed by atoms with E-state index >= 15 is 0 Å². The maximum atomic E-state index is 12.8. The number of hydrogen-bond donors (Lipinski definition) is 2. The van der Waals surface area contributed by atoms with Crippen LogP contribution >= 0.6 is 0 Å². The zero-order chi connectivity index (χ0) is 19.8. The molecule has 1 saturated carbocycles. The zero-order valence-electron chi connectivity index (χ0n) is 15.3. The van der Waals surface area contributed by atoms with Crippen LogP contribution < -0.4 is 11.6 Å². The van der Waals surface area contributed by atoms with Gasteiger partial charge in [-0.15, -0.1) is 5.10 Å². The van der Waals surface area contributed by atoms with E-state index in [4.69, 9.17) is 11.6 Å². The lowest BCUT2D eigenvalue weighted by atomic mass is 9.88. The second kappa shape index (κ2) is 9.87. The first kappa shape index (κ1) is 22.7. The van der Waals surface area contributed by atoms with E-state index in [9.17, 15) is 18.9 Å². The van der Waals surface area contributed by atoms with Gasteiger partial charge in [-0.25, -0.2) is 19.7 Å². The summed E-state index contributed by atoms with van der Waals surface area (Å²) in [5, 5.41) is 15.6. The number of nitro benzene ring substituents is 1. The number of alkyl halides is 2. The molecular weight excluding hydrogens is 332 g/mol. The van der Waals surface area contributed by atoms with Crippen molar-refractivity contribution >= 4 is 11.5 Å². The number of hydrazone groups is 1. The van der Waals surface area contributed by atoms with Crippen LogP contribution in [0.25, 0.3) is 0 Å².